The Labute approximate surface area is 80.4 Å². The fraction of sp³-hybridized carbons (Fsp3) is 0.167. The van der Waals surface area contributed by atoms with Gasteiger partial charge in [-0.05, 0) is 0 Å². The number of hydrogen-bond acceptors (Lipinski definition) is 3. The van der Waals surface area contributed by atoms with Gasteiger partial charge in [0.25, 0.3) is 5.56 Å². The average molecular weight is 229 g/mol. The summed E-state index contributed by atoms with van der Waals surface area (Å²) in [6.45, 7) is 0. The Morgan fingerprint density at radius 2 is 2.07 bits per heavy atom. The molecule has 1 heterocycles. The zero-order valence-corrected chi connectivity index (χ0v) is 7.24. The van der Waals surface area contributed by atoms with Crippen molar-refractivity contribution in [3.8, 4) is 5.88 Å². The number of H-pyrrole nitrogens is 1. The highest BCUT2D eigenvalue weighted by Crippen LogP contribution is 2.29. The summed E-state index contributed by atoms with van der Waals surface area (Å²) >= 11 is 5.36. The van der Waals surface area contributed by atoms with E-state index in [4.69, 9.17) is 17.3 Å². The standard InChI is InChI=1S/C6H4ClF3N2O2/c7-2-1-3(13)12-5(4(2)11)14-6(8,9)10/h1H,11H2,(H,12,13). The summed E-state index contributed by atoms with van der Waals surface area (Å²) in [4.78, 5) is 12.5. The Balaban J connectivity index is 3.15. The van der Waals surface area contributed by atoms with Gasteiger partial charge in [0, 0.05) is 6.07 Å². The average Bonchev–Trinajstić information content (AvgIpc) is 1.96. The first-order chi connectivity index (χ1) is 6.29. The van der Waals surface area contributed by atoms with E-state index >= 15 is 0 Å². The van der Waals surface area contributed by atoms with Gasteiger partial charge in [-0.3, -0.25) is 9.78 Å². The number of nitrogens with two attached hydrogens (primary N) is 1. The molecule has 0 atom stereocenters. The van der Waals surface area contributed by atoms with Crippen molar-refractivity contribution in [2.45, 2.75) is 6.36 Å². The van der Waals surface area contributed by atoms with Crippen molar-refractivity contribution in [1.29, 1.82) is 0 Å². The van der Waals surface area contributed by atoms with Crippen LogP contribution in [0.25, 0.3) is 0 Å². The summed E-state index contributed by atoms with van der Waals surface area (Å²) < 4.78 is 38.7. The number of ether oxygens (including phenoxy) is 1. The molecule has 78 valence electrons. The van der Waals surface area contributed by atoms with Crippen LogP contribution in [0.3, 0.4) is 0 Å². The van der Waals surface area contributed by atoms with Crippen LogP contribution in [0.2, 0.25) is 5.02 Å². The molecule has 0 saturated carbocycles. The molecule has 0 bridgehead atoms. The normalized spacial score (nSPS) is 11.4. The van der Waals surface area contributed by atoms with Crippen molar-refractivity contribution in [2.24, 2.45) is 0 Å². The highest BCUT2D eigenvalue weighted by molar-refractivity contribution is 6.33. The van der Waals surface area contributed by atoms with Crippen molar-refractivity contribution in [3.63, 3.8) is 0 Å². The summed E-state index contributed by atoms with van der Waals surface area (Å²) in [7, 11) is 0. The van der Waals surface area contributed by atoms with Crippen molar-refractivity contribution < 1.29 is 17.9 Å². The quantitative estimate of drug-likeness (QED) is 0.766. The molecular weight excluding hydrogens is 225 g/mol. The van der Waals surface area contributed by atoms with Crippen LogP contribution in [-0.2, 0) is 0 Å². The number of anilines is 1. The van der Waals surface area contributed by atoms with E-state index in [0.29, 0.717) is 0 Å². The van der Waals surface area contributed by atoms with Gasteiger partial charge in [-0.2, -0.15) is 0 Å². The van der Waals surface area contributed by atoms with E-state index in [1.165, 1.54) is 0 Å². The number of alkyl halides is 3. The summed E-state index contributed by atoms with van der Waals surface area (Å²) in [5, 5.41) is -0.298. The van der Waals surface area contributed by atoms with Gasteiger partial charge in [0.2, 0.25) is 5.88 Å². The summed E-state index contributed by atoms with van der Waals surface area (Å²) in [5.41, 5.74) is 3.83. The predicted octanol–water partition coefficient (Wildman–Crippen LogP) is 1.51. The Kier molecular flexibility index (Phi) is 2.61. The number of halogens is 4. The van der Waals surface area contributed by atoms with Crippen LogP contribution in [0.1, 0.15) is 0 Å². The molecule has 0 unspecified atom stereocenters. The first-order valence-electron chi connectivity index (χ1n) is 3.23. The third kappa shape index (κ3) is 2.56. The highest BCUT2D eigenvalue weighted by Gasteiger charge is 2.32. The molecule has 8 heteroatoms. The van der Waals surface area contributed by atoms with Crippen LogP contribution in [0.15, 0.2) is 10.9 Å². The molecule has 0 aromatic carbocycles. The minimum absolute atomic E-state index is 0.298. The monoisotopic (exact) mass is 228 g/mol. The number of rotatable bonds is 1. The zero-order chi connectivity index (χ0) is 10.9. The lowest BCUT2D eigenvalue weighted by atomic mass is 10.4. The van der Waals surface area contributed by atoms with Crippen molar-refractivity contribution in [2.75, 3.05) is 5.73 Å². The molecule has 0 saturated heterocycles. The number of hydrogen-bond donors (Lipinski definition) is 2. The van der Waals surface area contributed by atoms with Gasteiger partial charge in [0.1, 0.15) is 5.69 Å². The second-order valence-corrected chi connectivity index (χ2v) is 2.68. The zero-order valence-electron chi connectivity index (χ0n) is 6.48. The van der Waals surface area contributed by atoms with Crippen LogP contribution >= 0.6 is 11.6 Å². The third-order valence-corrected chi connectivity index (χ3v) is 1.53. The van der Waals surface area contributed by atoms with Gasteiger partial charge < -0.3 is 10.5 Å². The summed E-state index contributed by atoms with van der Waals surface area (Å²) in [5.74, 6) is -0.907. The Bertz CT molecular complexity index is 401. The number of aromatic amines is 1. The van der Waals surface area contributed by atoms with Gasteiger partial charge >= 0.3 is 6.36 Å². The van der Waals surface area contributed by atoms with Gasteiger partial charge in [0.15, 0.2) is 0 Å². The molecule has 14 heavy (non-hydrogen) atoms. The van der Waals surface area contributed by atoms with E-state index in [2.05, 4.69) is 4.74 Å². The molecule has 0 aliphatic carbocycles. The maximum Gasteiger partial charge on any atom is 0.574 e. The fourth-order valence-corrected chi connectivity index (χ4v) is 0.898. The van der Waals surface area contributed by atoms with Crippen LogP contribution in [0.4, 0.5) is 18.9 Å². The SMILES string of the molecule is Nc1c(Cl)cc(=O)[nH]c1OC(F)(F)F. The van der Waals surface area contributed by atoms with Crippen molar-refractivity contribution in [1.82, 2.24) is 4.98 Å². The van der Waals surface area contributed by atoms with Gasteiger partial charge in [-0.1, -0.05) is 11.6 Å². The third-order valence-electron chi connectivity index (χ3n) is 1.21. The minimum atomic E-state index is -4.93. The maximum atomic E-state index is 11.7. The molecule has 1 aromatic heterocycles. The second kappa shape index (κ2) is 3.41. The van der Waals surface area contributed by atoms with Crippen molar-refractivity contribution >= 4 is 17.3 Å². The minimum Gasteiger partial charge on any atom is -0.393 e. The molecule has 3 N–H and O–H groups in total. The molecule has 0 aliphatic rings. The van der Waals surface area contributed by atoms with E-state index in [1.807, 2.05) is 0 Å². The maximum absolute atomic E-state index is 11.7. The largest absolute Gasteiger partial charge is 0.574 e. The Morgan fingerprint density at radius 1 is 1.50 bits per heavy atom. The van der Waals surface area contributed by atoms with Crippen molar-refractivity contribution in [3.05, 3.63) is 21.4 Å². The Morgan fingerprint density at radius 3 is 2.57 bits per heavy atom. The number of nitrogens with one attached hydrogen (secondary N) is 1. The second-order valence-electron chi connectivity index (χ2n) is 2.27. The van der Waals surface area contributed by atoms with Gasteiger partial charge in [0.05, 0.1) is 5.02 Å². The molecule has 0 aliphatic heterocycles. The Hall–Kier alpha value is -1.37. The molecule has 0 amide bonds. The van der Waals surface area contributed by atoms with E-state index in [0.717, 1.165) is 6.07 Å². The molecule has 0 fully saturated rings. The topological polar surface area (TPSA) is 68.1 Å². The number of aromatic nitrogens is 1. The van der Waals surface area contributed by atoms with E-state index in [-0.39, 0.29) is 5.02 Å². The first kappa shape index (κ1) is 10.7. The predicted molar refractivity (Wildman–Crippen MR) is 43.2 cm³/mol. The van der Waals surface area contributed by atoms with Crippen LogP contribution in [-0.4, -0.2) is 11.3 Å². The summed E-state index contributed by atoms with van der Waals surface area (Å²) in [6, 6.07) is 0.847. The lowest BCUT2D eigenvalue weighted by Crippen LogP contribution is -2.21. The number of nitrogen functional groups attached to an aromatic ring is 1. The number of pyridine rings is 1. The van der Waals surface area contributed by atoms with Crippen LogP contribution < -0.4 is 16.0 Å². The van der Waals surface area contributed by atoms with Gasteiger partial charge in [-0.15, -0.1) is 13.2 Å². The van der Waals surface area contributed by atoms with Crippen LogP contribution in [0, 0.1) is 0 Å². The molecule has 4 nitrogen and oxygen atoms in total. The molecule has 1 aromatic rings. The molecule has 0 spiro atoms. The van der Waals surface area contributed by atoms with Gasteiger partial charge in [-0.25, -0.2) is 0 Å². The lowest BCUT2D eigenvalue weighted by Gasteiger charge is -2.10. The smallest absolute Gasteiger partial charge is 0.393 e. The van der Waals surface area contributed by atoms with E-state index in [1.54, 1.807) is 4.98 Å². The lowest BCUT2D eigenvalue weighted by molar-refractivity contribution is -0.275. The molecule has 0 radical (unpaired) electrons. The van der Waals surface area contributed by atoms with E-state index in [9.17, 15) is 18.0 Å². The molecule has 1 rings (SSSR count). The van der Waals surface area contributed by atoms with E-state index < -0.39 is 23.5 Å². The first-order valence-corrected chi connectivity index (χ1v) is 3.61. The fourth-order valence-electron chi connectivity index (χ4n) is 0.713. The summed E-state index contributed by atoms with van der Waals surface area (Å²) in [6.07, 6.45) is -4.93. The molecular formula is C6H4ClF3N2O2. The van der Waals surface area contributed by atoms with Crippen LogP contribution in [0.5, 0.6) is 5.88 Å². The highest BCUT2D eigenvalue weighted by atomic mass is 35.5.